The van der Waals surface area contributed by atoms with E-state index in [4.69, 9.17) is 0 Å². The van der Waals surface area contributed by atoms with E-state index in [2.05, 4.69) is 36.2 Å². The molecule has 6 heteroatoms. The molecular formula is C10H7BrN4O. The largest absolute Gasteiger partial charge is 0.306 e. The summed E-state index contributed by atoms with van der Waals surface area (Å²) < 4.78 is 0.662. The first-order chi connectivity index (χ1) is 7.75. The first-order valence-corrected chi connectivity index (χ1v) is 5.24. The van der Waals surface area contributed by atoms with Gasteiger partial charge in [-0.3, -0.25) is 4.79 Å². The molecule has 0 saturated carbocycles. The third-order valence-corrected chi connectivity index (χ3v) is 2.22. The number of carbonyl (C=O) groups is 1. The zero-order valence-corrected chi connectivity index (χ0v) is 9.68. The molecule has 0 radical (unpaired) electrons. The Hall–Kier alpha value is -1.82. The van der Waals surface area contributed by atoms with Crippen molar-refractivity contribution in [3.63, 3.8) is 0 Å². The quantitative estimate of drug-likeness (QED) is 0.852. The Kier molecular flexibility index (Phi) is 3.21. The average Bonchev–Trinajstić information content (AvgIpc) is 2.30. The van der Waals surface area contributed by atoms with Crippen LogP contribution in [-0.4, -0.2) is 20.9 Å². The average molecular weight is 279 g/mol. The van der Waals surface area contributed by atoms with Crippen molar-refractivity contribution < 1.29 is 4.79 Å². The van der Waals surface area contributed by atoms with E-state index < -0.39 is 0 Å². The van der Waals surface area contributed by atoms with Gasteiger partial charge < -0.3 is 5.32 Å². The Labute approximate surface area is 100 Å². The Balaban J connectivity index is 2.14. The van der Waals surface area contributed by atoms with Crippen molar-refractivity contribution in [2.45, 2.75) is 0 Å². The number of halogens is 1. The molecule has 0 spiro atoms. The van der Waals surface area contributed by atoms with Crippen molar-refractivity contribution in [2.75, 3.05) is 5.32 Å². The number of hydrogen-bond acceptors (Lipinski definition) is 4. The van der Waals surface area contributed by atoms with Crippen LogP contribution < -0.4 is 5.32 Å². The lowest BCUT2D eigenvalue weighted by molar-refractivity contribution is 0.102. The van der Waals surface area contributed by atoms with Gasteiger partial charge in [-0.2, -0.15) is 0 Å². The highest BCUT2D eigenvalue weighted by Gasteiger charge is 2.06. The van der Waals surface area contributed by atoms with Crippen LogP contribution in [0.2, 0.25) is 0 Å². The molecule has 2 rings (SSSR count). The highest BCUT2D eigenvalue weighted by molar-refractivity contribution is 9.10. The maximum Gasteiger partial charge on any atom is 0.259 e. The van der Waals surface area contributed by atoms with Gasteiger partial charge in [-0.25, -0.2) is 15.0 Å². The normalized spacial score (nSPS) is 9.81. The minimum Gasteiger partial charge on any atom is -0.306 e. The molecule has 0 aliphatic heterocycles. The van der Waals surface area contributed by atoms with E-state index in [0.717, 1.165) is 0 Å². The molecular weight excluding hydrogens is 272 g/mol. The summed E-state index contributed by atoms with van der Waals surface area (Å²) in [5, 5.41) is 2.64. The van der Waals surface area contributed by atoms with Crippen molar-refractivity contribution in [3.05, 3.63) is 47.1 Å². The predicted molar refractivity (Wildman–Crippen MR) is 61.9 cm³/mol. The minimum atomic E-state index is -0.286. The number of nitrogens with one attached hydrogen (secondary N) is 1. The summed E-state index contributed by atoms with van der Waals surface area (Å²) in [6.07, 6.45) is 4.26. The number of hydrogen-bond donors (Lipinski definition) is 1. The molecule has 2 aromatic rings. The van der Waals surface area contributed by atoms with Crippen molar-refractivity contribution in [3.8, 4) is 0 Å². The molecule has 0 saturated heterocycles. The van der Waals surface area contributed by atoms with E-state index in [0.29, 0.717) is 16.0 Å². The molecule has 2 aromatic heterocycles. The fourth-order valence-electron chi connectivity index (χ4n) is 1.08. The molecule has 80 valence electrons. The second kappa shape index (κ2) is 4.80. The van der Waals surface area contributed by atoms with Crippen LogP contribution in [0.15, 0.2) is 41.5 Å². The zero-order valence-electron chi connectivity index (χ0n) is 8.09. The molecule has 0 aliphatic carbocycles. The number of aromatic nitrogens is 3. The molecule has 0 atom stereocenters. The van der Waals surface area contributed by atoms with Gasteiger partial charge in [0.25, 0.3) is 5.91 Å². The van der Waals surface area contributed by atoms with Gasteiger partial charge in [-0.15, -0.1) is 0 Å². The van der Waals surface area contributed by atoms with Gasteiger partial charge in [0, 0.05) is 12.4 Å². The third kappa shape index (κ3) is 2.60. The number of anilines is 1. The summed E-state index contributed by atoms with van der Waals surface area (Å²) in [4.78, 5) is 23.3. The molecule has 0 bridgehead atoms. The standard InChI is InChI=1S/C10H7BrN4O/c11-8-2-1-3-9(14-8)15-10(16)7-4-12-6-13-5-7/h1-6H,(H,14,15,16). The number of rotatable bonds is 2. The molecule has 1 amide bonds. The van der Waals surface area contributed by atoms with Crippen LogP contribution in [0.5, 0.6) is 0 Å². The summed E-state index contributed by atoms with van der Waals surface area (Å²) in [7, 11) is 0. The SMILES string of the molecule is O=C(Nc1cccc(Br)n1)c1cncnc1. The van der Waals surface area contributed by atoms with Crippen LogP contribution in [0.25, 0.3) is 0 Å². The van der Waals surface area contributed by atoms with Gasteiger partial charge in [0.05, 0.1) is 5.56 Å². The van der Waals surface area contributed by atoms with Gasteiger partial charge in [0.15, 0.2) is 0 Å². The fourth-order valence-corrected chi connectivity index (χ4v) is 1.43. The van der Waals surface area contributed by atoms with Crippen LogP contribution >= 0.6 is 15.9 Å². The van der Waals surface area contributed by atoms with Crippen molar-refractivity contribution in [1.82, 2.24) is 15.0 Å². The van der Waals surface area contributed by atoms with E-state index in [9.17, 15) is 4.79 Å². The van der Waals surface area contributed by atoms with Gasteiger partial charge in [0.2, 0.25) is 0 Å². The van der Waals surface area contributed by atoms with Gasteiger partial charge in [-0.05, 0) is 28.1 Å². The molecule has 0 aromatic carbocycles. The van der Waals surface area contributed by atoms with Crippen LogP contribution in [-0.2, 0) is 0 Å². The molecule has 0 unspecified atom stereocenters. The Morgan fingerprint density at radius 2 is 2.00 bits per heavy atom. The molecule has 0 aliphatic rings. The topological polar surface area (TPSA) is 67.8 Å². The Morgan fingerprint density at radius 1 is 1.25 bits per heavy atom. The Morgan fingerprint density at radius 3 is 2.69 bits per heavy atom. The maximum absolute atomic E-state index is 11.7. The second-order valence-corrected chi connectivity index (χ2v) is 3.74. The van der Waals surface area contributed by atoms with Crippen molar-refractivity contribution in [2.24, 2.45) is 0 Å². The van der Waals surface area contributed by atoms with Crippen LogP contribution in [0.4, 0.5) is 5.82 Å². The second-order valence-electron chi connectivity index (χ2n) is 2.93. The van der Waals surface area contributed by atoms with E-state index in [-0.39, 0.29) is 5.91 Å². The molecule has 2 heterocycles. The van der Waals surface area contributed by atoms with Crippen molar-refractivity contribution >= 4 is 27.7 Å². The predicted octanol–water partition coefficient (Wildman–Crippen LogP) is 1.89. The van der Waals surface area contributed by atoms with Crippen molar-refractivity contribution in [1.29, 1.82) is 0 Å². The number of nitrogens with zero attached hydrogens (tertiary/aromatic N) is 3. The zero-order chi connectivity index (χ0) is 11.4. The van der Waals surface area contributed by atoms with E-state index >= 15 is 0 Å². The number of amides is 1. The van der Waals surface area contributed by atoms with Crippen LogP contribution in [0.1, 0.15) is 10.4 Å². The number of pyridine rings is 1. The highest BCUT2D eigenvalue weighted by atomic mass is 79.9. The van der Waals surface area contributed by atoms with E-state index in [1.807, 2.05) is 0 Å². The first kappa shape index (κ1) is 10.7. The van der Waals surface area contributed by atoms with Gasteiger partial charge in [-0.1, -0.05) is 6.07 Å². The summed E-state index contributed by atoms with van der Waals surface area (Å²) in [5.74, 6) is 0.189. The smallest absolute Gasteiger partial charge is 0.259 e. The number of carbonyl (C=O) groups excluding carboxylic acids is 1. The highest BCUT2D eigenvalue weighted by Crippen LogP contribution is 2.10. The summed E-state index contributed by atoms with van der Waals surface area (Å²) in [5.41, 5.74) is 0.393. The fraction of sp³-hybridized carbons (Fsp3) is 0. The van der Waals surface area contributed by atoms with Gasteiger partial charge >= 0.3 is 0 Å². The van der Waals surface area contributed by atoms with E-state index in [1.165, 1.54) is 18.7 Å². The summed E-state index contributed by atoms with van der Waals surface area (Å²) >= 11 is 3.22. The summed E-state index contributed by atoms with van der Waals surface area (Å²) in [6.45, 7) is 0. The summed E-state index contributed by atoms with van der Waals surface area (Å²) in [6, 6.07) is 5.27. The van der Waals surface area contributed by atoms with Crippen LogP contribution in [0.3, 0.4) is 0 Å². The lowest BCUT2D eigenvalue weighted by Gasteiger charge is -2.03. The maximum atomic E-state index is 11.7. The van der Waals surface area contributed by atoms with E-state index in [1.54, 1.807) is 18.2 Å². The lowest BCUT2D eigenvalue weighted by atomic mass is 10.3. The third-order valence-electron chi connectivity index (χ3n) is 1.78. The van der Waals surface area contributed by atoms with Gasteiger partial charge in [0.1, 0.15) is 16.7 Å². The Bertz CT molecular complexity index is 503. The monoisotopic (exact) mass is 278 g/mol. The minimum absolute atomic E-state index is 0.286. The lowest BCUT2D eigenvalue weighted by Crippen LogP contribution is -2.13. The molecule has 1 N–H and O–H groups in total. The molecule has 0 fully saturated rings. The molecule has 16 heavy (non-hydrogen) atoms. The van der Waals surface area contributed by atoms with Crippen LogP contribution in [0, 0.1) is 0 Å². The first-order valence-electron chi connectivity index (χ1n) is 4.44. The molecule has 5 nitrogen and oxygen atoms in total.